The van der Waals surface area contributed by atoms with E-state index in [1.54, 1.807) is 6.07 Å². The standard InChI is InChI=1S/C21H21N3O4/c25-20(22-8-7-15-12-23-17-4-2-1-3-16(15)17)10-21(26)24-11-14-5-6-18-19(9-14)28-13-27-18/h1-6,9,12,23H,7-8,10-11,13H2,(H,22,25)(H,24,26). The molecule has 0 saturated heterocycles. The third-order valence-electron chi connectivity index (χ3n) is 4.64. The highest BCUT2D eigenvalue weighted by atomic mass is 16.7. The first-order chi connectivity index (χ1) is 13.7. The molecule has 144 valence electrons. The van der Waals surface area contributed by atoms with Crippen molar-refractivity contribution in [2.24, 2.45) is 0 Å². The van der Waals surface area contributed by atoms with Gasteiger partial charge in [0.05, 0.1) is 0 Å². The van der Waals surface area contributed by atoms with E-state index < -0.39 is 0 Å². The van der Waals surface area contributed by atoms with Crippen molar-refractivity contribution in [2.75, 3.05) is 13.3 Å². The average Bonchev–Trinajstić information content (AvgIpc) is 3.33. The number of carbonyl (C=O) groups excluding carboxylic acids is 2. The molecule has 0 atom stereocenters. The molecule has 4 rings (SSSR count). The highest BCUT2D eigenvalue weighted by Gasteiger charge is 2.14. The molecule has 0 fully saturated rings. The number of H-pyrrole nitrogens is 1. The summed E-state index contributed by atoms with van der Waals surface area (Å²) in [4.78, 5) is 27.2. The van der Waals surface area contributed by atoms with Gasteiger partial charge in [-0.05, 0) is 35.7 Å². The van der Waals surface area contributed by atoms with E-state index in [1.807, 2.05) is 42.6 Å². The molecule has 2 heterocycles. The lowest BCUT2D eigenvalue weighted by molar-refractivity contribution is -0.129. The molecular formula is C21H21N3O4. The van der Waals surface area contributed by atoms with Crippen LogP contribution in [0.2, 0.25) is 0 Å². The van der Waals surface area contributed by atoms with Gasteiger partial charge in [-0.2, -0.15) is 0 Å². The fraction of sp³-hybridized carbons (Fsp3) is 0.238. The Labute approximate surface area is 162 Å². The van der Waals surface area contributed by atoms with Crippen molar-refractivity contribution in [1.82, 2.24) is 15.6 Å². The Morgan fingerprint density at radius 2 is 1.82 bits per heavy atom. The summed E-state index contributed by atoms with van der Waals surface area (Å²) < 4.78 is 10.6. The molecule has 7 heteroatoms. The molecule has 1 aromatic heterocycles. The van der Waals surface area contributed by atoms with Gasteiger partial charge in [0.15, 0.2) is 11.5 Å². The average molecular weight is 379 g/mol. The first-order valence-corrected chi connectivity index (χ1v) is 9.16. The maximum Gasteiger partial charge on any atom is 0.231 e. The lowest BCUT2D eigenvalue weighted by Crippen LogP contribution is -2.32. The van der Waals surface area contributed by atoms with Gasteiger partial charge in [-0.25, -0.2) is 0 Å². The third-order valence-corrected chi connectivity index (χ3v) is 4.64. The van der Waals surface area contributed by atoms with Crippen LogP contribution < -0.4 is 20.1 Å². The lowest BCUT2D eigenvalue weighted by atomic mass is 10.1. The number of aromatic amines is 1. The molecule has 0 spiro atoms. The van der Waals surface area contributed by atoms with Gasteiger partial charge in [0.2, 0.25) is 18.6 Å². The van der Waals surface area contributed by atoms with E-state index in [-0.39, 0.29) is 25.0 Å². The minimum Gasteiger partial charge on any atom is -0.454 e. The molecule has 7 nitrogen and oxygen atoms in total. The first kappa shape index (κ1) is 17.9. The van der Waals surface area contributed by atoms with Crippen LogP contribution in [0.5, 0.6) is 11.5 Å². The van der Waals surface area contributed by atoms with Gasteiger partial charge in [-0.3, -0.25) is 9.59 Å². The minimum absolute atomic E-state index is 0.196. The lowest BCUT2D eigenvalue weighted by Gasteiger charge is -2.07. The maximum absolute atomic E-state index is 12.0. The largest absolute Gasteiger partial charge is 0.454 e. The van der Waals surface area contributed by atoms with E-state index >= 15 is 0 Å². The smallest absolute Gasteiger partial charge is 0.231 e. The van der Waals surface area contributed by atoms with Crippen molar-refractivity contribution in [2.45, 2.75) is 19.4 Å². The molecule has 1 aliphatic rings. The molecule has 28 heavy (non-hydrogen) atoms. The van der Waals surface area contributed by atoms with Crippen LogP contribution in [0.15, 0.2) is 48.7 Å². The summed E-state index contributed by atoms with van der Waals surface area (Å²) in [5.74, 6) is 0.761. The number of aromatic nitrogens is 1. The fourth-order valence-electron chi connectivity index (χ4n) is 3.20. The summed E-state index contributed by atoms with van der Waals surface area (Å²) >= 11 is 0. The van der Waals surface area contributed by atoms with E-state index in [4.69, 9.17) is 9.47 Å². The molecule has 2 amide bonds. The second-order valence-electron chi connectivity index (χ2n) is 6.60. The van der Waals surface area contributed by atoms with Crippen LogP contribution in [0.4, 0.5) is 0 Å². The van der Waals surface area contributed by atoms with E-state index in [2.05, 4.69) is 15.6 Å². The number of amides is 2. The second-order valence-corrected chi connectivity index (χ2v) is 6.60. The van der Waals surface area contributed by atoms with Crippen molar-refractivity contribution in [3.8, 4) is 11.5 Å². The fourth-order valence-corrected chi connectivity index (χ4v) is 3.20. The molecule has 1 aliphatic heterocycles. The quantitative estimate of drug-likeness (QED) is 0.549. The van der Waals surface area contributed by atoms with Crippen molar-refractivity contribution in [3.05, 3.63) is 59.8 Å². The molecule has 3 N–H and O–H groups in total. The summed E-state index contributed by atoms with van der Waals surface area (Å²) in [6.07, 6.45) is 2.46. The molecule has 0 aliphatic carbocycles. The number of ether oxygens (including phenoxy) is 2. The summed E-state index contributed by atoms with van der Waals surface area (Å²) in [6.45, 7) is 1.03. The SMILES string of the molecule is O=C(CC(=O)NCc1ccc2c(c1)OCO2)NCCc1c[nH]c2ccccc12. The van der Waals surface area contributed by atoms with Crippen molar-refractivity contribution >= 4 is 22.7 Å². The number of carbonyl (C=O) groups is 2. The number of para-hydroxylation sites is 1. The van der Waals surface area contributed by atoms with Crippen molar-refractivity contribution in [3.63, 3.8) is 0 Å². The van der Waals surface area contributed by atoms with Crippen LogP contribution in [0.3, 0.4) is 0 Å². The number of fused-ring (bicyclic) bond motifs is 2. The Balaban J connectivity index is 1.20. The molecule has 0 bridgehead atoms. The third kappa shape index (κ3) is 4.09. The number of benzene rings is 2. The van der Waals surface area contributed by atoms with Crippen LogP contribution in [0, 0.1) is 0 Å². The Morgan fingerprint density at radius 3 is 2.75 bits per heavy atom. The van der Waals surface area contributed by atoms with Crippen molar-refractivity contribution in [1.29, 1.82) is 0 Å². The van der Waals surface area contributed by atoms with E-state index in [0.717, 1.165) is 22.0 Å². The van der Waals surface area contributed by atoms with E-state index in [1.165, 1.54) is 0 Å². The summed E-state index contributed by atoms with van der Waals surface area (Å²) in [7, 11) is 0. The van der Waals surface area contributed by atoms with Crippen LogP contribution in [0.25, 0.3) is 10.9 Å². The summed E-state index contributed by atoms with van der Waals surface area (Å²) in [6, 6.07) is 13.5. The number of nitrogens with one attached hydrogen (secondary N) is 3. The zero-order valence-corrected chi connectivity index (χ0v) is 15.3. The van der Waals surface area contributed by atoms with Gasteiger partial charge in [0, 0.05) is 30.2 Å². The summed E-state index contributed by atoms with van der Waals surface area (Å²) in [5.41, 5.74) is 3.10. The topological polar surface area (TPSA) is 92.5 Å². The minimum atomic E-state index is -0.317. The van der Waals surface area contributed by atoms with Crippen LogP contribution in [-0.2, 0) is 22.6 Å². The van der Waals surface area contributed by atoms with Gasteiger partial charge in [0.25, 0.3) is 0 Å². The molecule has 0 radical (unpaired) electrons. The maximum atomic E-state index is 12.0. The summed E-state index contributed by atoms with van der Waals surface area (Å²) in [5, 5.41) is 6.70. The van der Waals surface area contributed by atoms with Gasteiger partial charge < -0.3 is 25.1 Å². The van der Waals surface area contributed by atoms with Crippen LogP contribution >= 0.6 is 0 Å². The van der Waals surface area contributed by atoms with Crippen LogP contribution in [0.1, 0.15) is 17.5 Å². The Morgan fingerprint density at radius 1 is 1.00 bits per heavy atom. The predicted molar refractivity (Wildman–Crippen MR) is 104 cm³/mol. The van der Waals surface area contributed by atoms with Gasteiger partial charge in [-0.15, -0.1) is 0 Å². The zero-order chi connectivity index (χ0) is 19.3. The van der Waals surface area contributed by atoms with Crippen molar-refractivity contribution < 1.29 is 19.1 Å². The predicted octanol–water partition coefficient (Wildman–Crippen LogP) is 2.26. The van der Waals surface area contributed by atoms with E-state index in [0.29, 0.717) is 31.0 Å². The molecule has 2 aromatic carbocycles. The Kier molecular flexibility index (Phi) is 5.14. The number of hydrogen-bond donors (Lipinski definition) is 3. The normalized spacial score (nSPS) is 12.1. The first-order valence-electron chi connectivity index (χ1n) is 9.16. The van der Waals surface area contributed by atoms with Gasteiger partial charge in [0.1, 0.15) is 6.42 Å². The molecule has 0 saturated carbocycles. The molecular weight excluding hydrogens is 358 g/mol. The monoisotopic (exact) mass is 379 g/mol. The Hall–Kier alpha value is -3.48. The zero-order valence-electron chi connectivity index (χ0n) is 15.3. The number of rotatable bonds is 7. The highest BCUT2D eigenvalue weighted by Crippen LogP contribution is 2.32. The Bertz CT molecular complexity index is 1010. The molecule has 0 unspecified atom stereocenters. The highest BCUT2D eigenvalue weighted by molar-refractivity contribution is 5.96. The second kappa shape index (κ2) is 8.04. The van der Waals surface area contributed by atoms with Crippen LogP contribution in [-0.4, -0.2) is 30.1 Å². The number of hydrogen-bond acceptors (Lipinski definition) is 4. The van der Waals surface area contributed by atoms with E-state index in [9.17, 15) is 9.59 Å². The van der Waals surface area contributed by atoms with Gasteiger partial charge >= 0.3 is 0 Å². The van der Waals surface area contributed by atoms with Gasteiger partial charge in [-0.1, -0.05) is 24.3 Å². The molecule has 3 aromatic rings.